The Bertz CT molecular complexity index is 764. The van der Waals surface area contributed by atoms with Crippen molar-refractivity contribution in [2.24, 2.45) is 0 Å². The lowest BCUT2D eigenvalue weighted by atomic mass is 10.1. The van der Waals surface area contributed by atoms with Crippen molar-refractivity contribution in [1.82, 2.24) is 4.90 Å². The quantitative estimate of drug-likeness (QED) is 0.729. The Labute approximate surface area is 161 Å². The zero-order valence-corrected chi connectivity index (χ0v) is 16.6. The van der Waals surface area contributed by atoms with E-state index in [9.17, 15) is 4.79 Å². The monoisotopic (exact) mass is 372 g/mol. The summed E-state index contributed by atoms with van der Waals surface area (Å²) in [7, 11) is 5.13. The van der Waals surface area contributed by atoms with Crippen molar-refractivity contribution in [2.75, 3.05) is 33.2 Å². The van der Waals surface area contributed by atoms with Crippen LogP contribution in [0.5, 0.6) is 17.2 Å². The first kappa shape index (κ1) is 20.6. The van der Waals surface area contributed by atoms with E-state index in [-0.39, 0.29) is 11.9 Å². The van der Waals surface area contributed by atoms with E-state index in [0.29, 0.717) is 36.1 Å². The lowest BCUT2D eigenvalue weighted by Crippen LogP contribution is -2.39. The fraction of sp³-hybridized carbons (Fsp3) is 0.381. The van der Waals surface area contributed by atoms with Crippen LogP contribution in [0.15, 0.2) is 42.5 Å². The summed E-state index contributed by atoms with van der Waals surface area (Å²) < 4.78 is 16.2. The highest BCUT2D eigenvalue weighted by atomic mass is 16.5. The van der Waals surface area contributed by atoms with Gasteiger partial charge in [0.2, 0.25) is 5.91 Å². The highest BCUT2D eigenvalue weighted by Gasteiger charge is 2.20. The number of carbonyl (C=O) groups is 1. The van der Waals surface area contributed by atoms with Gasteiger partial charge in [0.25, 0.3) is 0 Å². The molecule has 2 aromatic rings. The Balaban J connectivity index is 2.04. The van der Waals surface area contributed by atoms with Crippen LogP contribution in [-0.4, -0.2) is 44.7 Å². The normalized spacial score (nSPS) is 11.8. The minimum Gasteiger partial charge on any atom is -0.493 e. The summed E-state index contributed by atoms with van der Waals surface area (Å²) in [5.74, 6) is 1.93. The lowest BCUT2D eigenvalue weighted by Gasteiger charge is -2.24. The Hall–Kier alpha value is -2.73. The molecule has 0 saturated carbocycles. The molecule has 0 aliphatic carbocycles. The topological polar surface area (TPSA) is 60.0 Å². The number of anilines is 1. The number of carbonyl (C=O) groups excluding carboxylic acids is 1. The lowest BCUT2D eigenvalue weighted by molar-refractivity contribution is -0.120. The van der Waals surface area contributed by atoms with Crippen LogP contribution in [0.3, 0.4) is 0 Å². The third-order valence-corrected chi connectivity index (χ3v) is 4.37. The second kappa shape index (κ2) is 9.83. The summed E-state index contributed by atoms with van der Waals surface area (Å²) in [4.78, 5) is 14.6. The summed E-state index contributed by atoms with van der Waals surface area (Å²) in [6, 6.07) is 12.9. The summed E-state index contributed by atoms with van der Waals surface area (Å²) in [5.41, 5.74) is 1.71. The van der Waals surface area contributed by atoms with Crippen LogP contribution in [0.1, 0.15) is 19.4 Å². The van der Waals surface area contributed by atoms with Crippen molar-refractivity contribution in [3.63, 3.8) is 0 Å². The third kappa shape index (κ3) is 5.37. The van der Waals surface area contributed by atoms with Gasteiger partial charge in [-0.3, -0.25) is 9.69 Å². The van der Waals surface area contributed by atoms with Crippen LogP contribution in [0, 0.1) is 0 Å². The van der Waals surface area contributed by atoms with Gasteiger partial charge in [0.1, 0.15) is 5.75 Å². The molecule has 0 heterocycles. The summed E-state index contributed by atoms with van der Waals surface area (Å²) in [6.07, 6.45) is 0. The summed E-state index contributed by atoms with van der Waals surface area (Å²) in [6.45, 7) is 4.93. The number of hydrogen-bond donors (Lipinski definition) is 1. The summed E-state index contributed by atoms with van der Waals surface area (Å²) >= 11 is 0. The molecule has 1 N–H and O–H groups in total. The number of nitrogens with zero attached hydrogens (tertiary/aromatic N) is 1. The fourth-order valence-electron chi connectivity index (χ4n) is 2.69. The zero-order valence-electron chi connectivity index (χ0n) is 16.6. The number of methoxy groups -OCH3 is 2. The van der Waals surface area contributed by atoms with E-state index in [1.54, 1.807) is 14.2 Å². The molecular formula is C21H28N2O4. The first-order chi connectivity index (χ1) is 13.0. The minimum absolute atomic E-state index is 0.0925. The van der Waals surface area contributed by atoms with Gasteiger partial charge in [-0.2, -0.15) is 0 Å². The van der Waals surface area contributed by atoms with Gasteiger partial charge < -0.3 is 19.5 Å². The number of rotatable bonds is 9. The van der Waals surface area contributed by atoms with Crippen LogP contribution in [0.4, 0.5) is 5.69 Å². The van der Waals surface area contributed by atoms with Crippen LogP contribution in [0.25, 0.3) is 0 Å². The Morgan fingerprint density at radius 1 is 1.07 bits per heavy atom. The van der Waals surface area contributed by atoms with Crippen molar-refractivity contribution in [2.45, 2.75) is 26.4 Å². The number of likely N-dealkylation sites (N-methyl/N-ethyl adjacent to an activating group) is 1. The Morgan fingerprint density at radius 2 is 1.78 bits per heavy atom. The highest BCUT2D eigenvalue weighted by molar-refractivity contribution is 5.95. The maximum atomic E-state index is 12.7. The van der Waals surface area contributed by atoms with Crippen molar-refractivity contribution in [1.29, 1.82) is 0 Å². The summed E-state index contributed by atoms with van der Waals surface area (Å²) in [5, 5.41) is 2.95. The largest absolute Gasteiger partial charge is 0.493 e. The average Bonchev–Trinajstić information content (AvgIpc) is 2.68. The van der Waals surface area contributed by atoms with Gasteiger partial charge in [-0.1, -0.05) is 18.2 Å². The third-order valence-electron chi connectivity index (χ3n) is 4.37. The van der Waals surface area contributed by atoms with Crippen LogP contribution in [-0.2, 0) is 11.3 Å². The molecule has 0 aliphatic heterocycles. The number of nitrogens with one attached hydrogen (secondary N) is 1. The fourth-order valence-corrected chi connectivity index (χ4v) is 2.69. The first-order valence-corrected chi connectivity index (χ1v) is 8.94. The molecule has 146 valence electrons. The first-order valence-electron chi connectivity index (χ1n) is 8.94. The Kier molecular flexibility index (Phi) is 7.49. The van der Waals surface area contributed by atoms with Gasteiger partial charge in [-0.05, 0) is 50.7 Å². The molecule has 0 spiro atoms. The maximum absolute atomic E-state index is 12.7. The number of para-hydroxylation sites is 2. The molecule has 0 bridgehead atoms. The van der Waals surface area contributed by atoms with Gasteiger partial charge in [0.05, 0.1) is 32.6 Å². The SMILES string of the molecule is CCOc1ccccc1NC(=O)C(C)N(C)Cc1ccc(OC)c(OC)c1. The molecule has 27 heavy (non-hydrogen) atoms. The second-order valence-corrected chi connectivity index (χ2v) is 6.20. The average molecular weight is 372 g/mol. The van der Waals surface area contributed by atoms with E-state index in [0.717, 1.165) is 5.56 Å². The molecule has 1 amide bonds. The predicted octanol–water partition coefficient (Wildman–Crippen LogP) is 3.56. The van der Waals surface area contributed by atoms with Crippen molar-refractivity contribution in [3.05, 3.63) is 48.0 Å². The molecule has 2 rings (SSSR count). The standard InChI is InChI=1S/C21H28N2O4/c1-6-27-18-10-8-7-9-17(18)22-21(24)15(2)23(3)14-16-11-12-19(25-4)20(13-16)26-5/h7-13,15H,6,14H2,1-5H3,(H,22,24). The van der Waals surface area contributed by atoms with E-state index in [4.69, 9.17) is 14.2 Å². The maximum Gasteiger partial charge on any atom is 0.241 e. The van der Waals surface area contributed by atoms with Crippen LogP contribution < -0.4 is 19.5 Å². The van der Waals surface area contributed by atoms with Gasteiger partial charge in [0.15, 0.2) is 11.5 Å². The van der Waals surface area contributed by atoms with E-state index in [2.05, 4.69) is 5.32 Å². The second-order valence-electron chi connectivity index (χ2n) is 6.20. The zero-order chi connectivity index (χ0) is 19.8. The van der Waals surface area contributed by atoms with Gasteiger partial charge in [0, 0.05) is 6.54 Å². The predicted molar refractivity (Wildman–Crippen MR) is 107 cm³/mol. The van der Waals surface area contributed by atoms with Gasteiger partial charge in [-0.25, -0.2) is 0 Å². The molecule has 0 aliphatic rings. The van der Waals surface area contributed by atoms with E-state index in [1.807, 2.05) is 68.3 Å². The number of ether oxygens (including phenoxy) is 3. The minimum atomic E-state index is -0.326. The van der Waals surface area contributed by atoms with E-state index < -0.39 is 0 Å². The number of amides is 1. The molecular weight excluding hydrogens is 344 g/mol. The van der Waals surface area contributed by atoms with Crippen molar-refractivity contribution in [3.8, 4) is 17.2 Å². The van der Waals surface area contributed by atoms with Crippen molar-refractivity contribution >= 4 is 11.6 Å². The van der Waals surface area contributed by atoms with E-state index >= 15 is 0 Å². The molecule has 1 atom stereocenters. The number of benzene rings is 2. The highest BCUT2D eigenvalue weighted by Crippen LogP contribution is 2.28. The molecule has 0 radical (unpaired) electrons. The molecule has 1 unspecified atom stereocenters. The number of hydrogen-bond acceptors (Lipinski definition) is 5. The van der Waals surface area contributed by atoms with Gasteiger partial charge in [-0.15, -0.1) is 0 Å². The molecule has 2 aromatic carbocycles. The van der Waals surface area contributed by atoms with Gasteiger partial charge >= 0.3 is 0 Å². The molecule has 0 saturated heterocycles. The van der Waals surface area contributed by atoms with Crippen molar-refractivity contribution < 1.29 is 19.0 Å². The molecule has 0 aromatic heterocycles. The molecule has 0 fully saturated rings. The molecule has 6 nitrogen and oxygen atoms in total. The smallest absolute Gasteiger partial charge is 0.241 e. The van der Waals surface area contributed by atoms with E-state index in [1.165, 1.54) is 0 Å². The Morgan fingerprint density at radius 3 is 2.44 bits per heavy atom. The van der Waals surface area contributed by atoms with Crippen LogP contribution in [0.2, 0.25) is 0 Å². The molecule has 6 heteroatoms. The van der Waals surface area contributed by atoms with Crippen LogP contribution >= 0.6 is 0 Å².